The maximum Gasteiger partial charge on any atom is 0.260 e. The molecule has 1 aromatic carbocycles. The van der Waals surface area contributed by atoms with Crippen LogP contribution < -0.4 is 20.3 Å². The van der Waals surface area contributed by atoms with Crippen LogP contribution in [0.25, 0.3) is 20.7 Å². The van der Waals surface area contributed by atoms with Gasteiger partial charge in [-0.2, -0.15) is 0 Å². The molecule has 1 unspecified atom stereocenters. The summed E-state index contributed by atoms with van der Waals surface area (Å²) >= 11 is 4.46. The van der Waals surface area contributed by atoms with Crippen molar-refractivity contribution in [3.8, 4) is 21.9 Å². The standard InChI is InChI=1S/C22H19N3O4S3/c26-19(23-8-13-9-28-15-4-1-2-5-16(15)29-13)12-30-11-18-24-21(27)20-14(10-32-22(20)25-18)17-6-3-7-31-17/h1-7,10,13H,8-9,11-12H2,(H,23,26)(H,24,25,27). The molecule has 0 aliphatic carbocycles. The number of ether oxygens (including phenoxy) is 2. The number of carbonyl (C=O) groups excluding carboxylic acids is 1. The molecule has 10 heteroatoms. The largest absolute Gasteiger partial charge is 0.486 e. The Morgan fingerprint density at radius 1 is 1.22 bits per heavy atom. The lowest BCUT2D eigenvalue weighted by molar-refractivity contribution is -0.119. The van der Waals surface area contributed by atoms with E-state index in [2.05, 4.69) is 15.3 Å². The van der Waals surface area contributed by atoms with E-state index >= 15 is 0 Å². The van der Waals surface area contributed by atoms with Crippen molar-refractivity contribution < 1.29 is 14.3 Å². The van der Waals surface area contributed by atoms with Gasteiger partial charge in [-0.15, -0.1) is 34.4 Å². The number of thioether (sulfide) groups is 1. The molecular formula is C22H19N3O4S3. The Kier molecular flexibility index (Phi) is 6.15. The minimum absolute atomic E-state index is 0.100. The summed E-state index contributed by atoms with van der Waals surface area (Å²) in [6.07, 6.45) is -0.226. The predicted octanol–water partition coefficient (Wildman–Crippen LogP) is 3.90. The lowest BCUT2D eigenvalue weighted by Gasteiger charge is -2.26. The lowest BCUT2D eigenvalue weighted by Crippen LogP contribution is -2.41. The number of nitrogens with one attached hydrogen (secondary N) is 2. The van der Waals surface area contributed by atoms with Gasteiger partial charge in [0.25, 0.3) is 5.56 Å². The normalized spacial score (nSPS) is 15.1. The molecular weight excluding hydrogens is 466 g/mol. The molecule has 0 bridgehead atoms. The molecule has 1 atom stereocenters. The van der Waals surface area contributed by atoms with Crippen LogP contribution in [0.1, 0.15) is 5.82 Å². The molecule has 1 aliphatic heterocycles. The van der Waals surface area contributed by atoms with Crippen molar-refractivity contribution >= 4 is 50.6 Å². The smallest absolute Gasteiger partial charge is 0.260 e. The number of carbonyl (C=O) groups is 1. The molecule has 4 heterocycles. The first-order chi connectivity index (χ1) is 15.7. The Balaban J connectivity index is 1.13. The van der Waals surface area contributed by atoms with E-state index in [0.29, 0.717) is 40.7 Å². The molecule has 1 aliphatic rings. The second kappa shape index (κ2) is 9.35. The number of aromatic amines is 1. The van der Waals surface area contributed by atoms with Gasteiger partial charge in [-0.25, -0.2) is 4.98 Å². The maximum atomic E-state index is 12.6. The van der Waals surface area contributed by atoms with Gasteiger partial charge >= 0.3 is 0 Å². The third kappa shape index (κ3) is 4.52. The van der Waals surface area contributed by atoms with E-state index in [-0.39, 0.29) is 23.3 Å². The Labute approximate surface area is 195 Å². The third-order valence-electron chi connectivity index (χ3n) is 4.85. The van der Waals surface area contributed by atoms with Crippen molar-refractivity contribution in [1.82, 2.24) is 15.3 Å². The van der Waals surface area contributed by atoms with E-state index in [1.165, 1.54) is 23.1 Å². The quantitative estimate of drug-likeness (QED) is 0.412. The van der Waals surface area contributed by atoms with Crippen molar-refractivity contribution in [2.45, 2.75) is 11.9 Å². The summed E-state index contributed by atoms with van der Waals surface area (Å²) in [5.41, 5.74) is 0.776. The van der Waals surface area contributed by atoms with Gasteiger partial charge in [0.2, 0.25) is 5.91 Å². The van der Waals surface area contributed by atoms with Crippen LogP contribution in [0, 0.1) is 0 Å². The van der Waals surface area contributed by atoms with E-state index in [0.717, 1.165) is 16.2 Å². The minimum Gasteiger partial charge on any atom is -0.486 e. The van der Waals surface area contributed by atoms with Crippen molar-refractivity contribution in [1.29, 1.82) is 0 Å². The van der Waals surface area contributed by atoms with Gasteiger partial charge in [0.05, 0.1) is 23.4 Å². The van der Waals surface area contributed by atoms with Crippen molar-refractivity contribution in [3.05, 3.63) is 63.3 Å². The summed E-state index contributed by atoms with van der Waals surface area (Å²) < 4.78 is 11.5. The molecule has 0 saturated carbocycles. The van der Waals surface area contributed by atoms with Crippen molar-refractivity contribution in [2.24, 2.45) is 0 Å². The van der Waals surface area contributed by atoms with E-state index in [1.807, 2.05) is 47.2 Å². The van der Waals surface area contributed by atoms with Crippen LogP contribution >= 0.6 is 34.4 Å². The Morgan fingerprint density at radius 3 is 2.94 bits per heavy atom. The average Bonchev–Trinajstić information content (AvgIpc) is 3.47. The molecule has 164 valence electrons. The van der Waals surface area contributed by atoms with Crippen LogP contribution in [-0.4, -0.2) is 40.9 Å². The number of nitrogens with zero attached hydrogens (tertiary/aromatic N) is 1. The van der Waals surface area contributed by atoms with Gasteiger partial charge in [-0.05, 0) is 23.6 Å². The molecule has 0 saturated heterocycles. The second-order valence-electron chi connectivity index (χ2n) is 7.11. The number of benzene rings is 1. The van der Waals surface area contributed by atoms with Crippen LogP contribution in [0.4, 0.5) is 0 Å². The fraction of sp³-hybridized carbons (Fsp3) is 0.227. The highest BCUT2D eigenvalue weighted by Crippen LogP contribution is 2.33. The summed E-state index contributed by atoms with van der Waals surface area (Å²) in [7, 11) is 0. The summed E-state index contributed by atoms with van der Waals surface area (Å²) in [5, 5.41) is 7.46. The van der Waals surface area contributed by atoms with Crippen LogP contribution in [0.3, 0.4) is 0 Å². The number of hydrogen-bond acceptors (Lipinski definition) is 8. The number of para-hydroxylation sites is 2. The first-order valence-corrected chi connectivity index (χ1v) is 12.9. The van der Waals surface area contributed by atoms with E-state index in [9.17, 15) is 9.59 Å². The molecule has 5 rings (SSSR count). The molecule has 4 aromatic rings. The molecule has 0 radical (unpaired) electrons. The zero-order chi connectivity index (χ0) is 21.9. The summed E-state index contributed by atoms with van der Waals surface area (Å²) in [5.74, 6) is 2.58. The first kappa shape index (κ1) is 21.0. The Hall–Kier alpha value is -2.82. The van der Waals surface area contributed by atoms with Crippen LogP contribution in [-0.2, 0) is 10.5 Å². The Morgan fingerprint density at radius 2 is 2.09 bits per heavy atom. The van der Waals surface area contributed by atoms with E-state index in [4.69, 9.17) is 9.47 Å². The number of thiophene rings is 2. The van der Waals surface area contributed by atoms with E-state index in [1.54, 1.807) is 11.3 Å². The number of fused-ring (bicyclic) bond motifs is 2. The number of rotatable bonds is 7. The molecule has 0 fully saturated rings. The topological polar surface area (TPSA) is 93.3 Å². The first-order valence-electron chi connectivity index (χ1n) is 9.94. The van der Waals surface area contributed by atoms with Crippen LogP contribution in [0.15, 0.2) is 52.0 Å². The van der Waals surface area contributed by atoms with E-state index < -0.39 is 0 Å². The van der Waals surface area contributed by atoms with Crippen molar-refractivity contribution in [3.63, 3.8) is 0 Å². The summed E-state index contributed by atoms with van der Waals surface area (Å²) in [6, 6.07) is 11.4. The van der Waals surface area contributed by atoms with Crippen molar-refractivity contribution in [2.75, 3.05) is 18.9 Å². The zero-order valence-electron chi connectivity index (χ0n) is 16.8. The number of aromatic nitrogens is 2. The fourth-order valence-electron chi connectivity index (χ4n) is 3.36. The third-order valence-corrected chi connectivity index (χ3v) is 7.57. The molecule has 0 spiro atoms. The summed E-state index contributed by atoms with van der Waals surface area (Å²) in [6.45, 7) is 0.763. The fourth-order valence-corrected chi connectivity index (χ4v) is 5.86. The molecule has 1 amide bonds. The molecule has 2 N–H and O–H groups in total. The highest BCUT2D eigenvalue weighted by molar-refractivity contribution is 7.99. The highest BCUT2D eigenvalue weighted by atomic mass is 32.2. The maximum absolute atomic E-state index is 12.6. The van der Waals surface area contributed by atoms with Gasteiger partial charge in [0.15, 0.2) is 11.5 Å². The van der Waals surface area contributed by atoms with Gasteiger partial charge in [0, 0.05) is 15.8 Å². The number of hydrogen-bond donors (Lipinski definition) is 2. The highest BCUT2D eigenvalue weighted by Gasteiger charge is 2.21. The predicted molar refractivity (Wildman–Crippen MR) is 129 cm³/mol. The SMILES string of the molecule is O=C(CSCc1nc2scc(-c3cccs3)c2c(=O)[nH]1)NCC1COc2ccccc2O1. The zero-order valence-corrected chi connectivity index (χ0v) is 19.3. The van der Waals surface area contributed by atoms with Crippen LogP contribution in [0.2, 0.25) is 0 Å². The minimum atomic E-state index is -0.226. The van der Waals surface area contributed by atoms with Gasteiger partial charge in [-0.3, -0.25) is 9.59 Å². The number of amides is 1. The van der Waals surface area contributed by atoms with Gasteiger partial charge in [-0.1, -0.05) is 18.2 Å². The average molecular weight is 486 g/mol. The Bertz CT molecular complexity index is 1300. The lowest BCUT2D eigenvalue weighted by atomic mass is 10.2. The molecule has 32 heavy (non-hydrogen) atoms. The second-order valence-corrected chi connectivity index (χ2v) is 9.91. The van der Waals surface area contributed by atoms with Gasteiger partial charge < -0.3 is 19.8 Å². The molecule has 3 aromatic heterocycles. The monoisotopic (exact) mass is 485 g/mol. The molecule has 7 nitrogen and oxygen atoms in total. The summed E-state index contributed by atoms with van der Waals surface area (Å²) in [4.78, 5) is 34.1. The van der Waals surface area contributed by atoms with Gasteiger partial charge in [0.1, 0.15) is 23.4 Å². The number of H-pyrrole nitrogens is 1. The van der Waals surface area contributed by atoms with Crippen LogP contribution in [0.5, 0.6) is 11.5 Å².